The van der Waals surface area contributed by atoms with Gasteiger partial charge in [0.2, 0.25) is 0 Å². The molecule has 2 aliphatic rings. The van der Waals surface area contributed by atoms with Crippen molar-refractivity contribution in [2.75, 3.05) is 26.3 Å². The van der Waals surface area contributed by atoms with Crippen LogP contribution in [0.1, 0.15) is 24.5 Å². The van der Waals surface area contributed by atoms with Crippen LogP contribution in [0.15, 0.2) is 18.2 Å². The van der Waals surface area contributed by atoms with E-state index < -0.39 is 17.7 Å². The van der Waals surface area contributed by atoms with Gasteiger partial charge in [0.25, 0.3) is 0 Å². The molecule has 0 radical (unpaired) electrons. The van der Waals surface area contributed by atoms with Crippen LogP contribution >= 0.6 is 0 Å². The standard InChI is InChI=1S/C16H20F2N2O3/c17-12-2-1-11(7-13(12)18)15-14(4-6-23-15)19-16(22)20-5-3-10(8-20)9-21/h1-2,7,10,14-15,21H,3-6,8-9H2,(H,19,22)/t10-,14-,15+/m1/s1. The van der Waals surface area contributed by atoms with Gasteiger partial charge in [0.15, 0.2) is 11.6 Å². The molecule has 0 spiro atoms. The summed E-state index contributed by atoms with van der Waals surface area (Å²) in [7, 11) is 0. The topological polar surface area (TPSA) is 61.8 Å². The summed E-state index contributed by atoms with van der Waals surface area (Å²) >= 11 is 0. The number of hydrogen-bond donors (Lipinski definition) is 2. The van der Waals surface area contributed by atoms with Gasteiger partial charge in [-0.15, -0.1) is 0 Å². The van der Waals surface area contributed by atoms with Crippen LogP contribution in [0.25, 0.3) is 0 Å². The molecule has 7 heteroatoms. The van der Waals surface area contributed by atoms with Crippen molar-refractivity contribution in [1.82, 2.24) is 10.2 Å². The Morgan fingerprint density at radius 2 is 2.17 bits per heavy atom. The van der Waals surface area contributed by atoms with Crippen molar-refractivity contribution in [3.05, 3.63) is 35.4 Å². The number of aliphatic hydroxyl groups is 1. The Balaban J connectivity index is 1.65. The van der Waals surface area contributed by atoms with E-state index in [1.165, 1.54) is 6.07 Å². The first-order chi connectivity index (χ1) is 11.1. The molecule has 3 atom stereocenters. The normalized spacial score (nSPS) is 27.4. The minimum Gasteiger partial charge on any atom is -0.396 e. The van der Waals surface area contributed by atoms with Crippen molar-refractivity contribution in [3.63, 3.8) is 0 Å². The molecule has 23 heavy (non-hydrogen) atoms. The van der Waals surface area contributed by atoms with Crippen molar-refractivity contribution in [2.45, 2.75) is 25.0 Å². The summed E-state index contributed by atoms with van der Waals surface area (Å²) in [6.07, 6.45) is 0.926. The molecule has 5 nitrogen and oxygen atoms in total. The molecular formula is C16H20F2N2O3. The molecule has 2 fully saturated rings. The molecule has 126 valence electrons. The highest BCUT2D eigenvalue weighted by atomic mass is 19.2. The third-order valence-corrected chi connectivity index (χ3v) is 4.50. The lowest BCUT2D eigenvalue weighted by Gasteiger charge is -2.24. The number of amides is 2. The van der Waals surface area contributed by atoms with Gasteiger partial charge in [-0.2, -0.15) is 0 Å². The maximum absolute atomic E-state index is 13.4. The van der Waals surface area contributed by atoms with E-state index in [1.54, 1.807) is 4.90 Å². The number of carbonyl (C=O) groups is 1. The molecule has 3 rings (SSSR count). The molecule has 1 aromatic rings. The molecule has 0 saturated carbocycles. The average Bonchev–Trinajstić information content (AvgIpc) is 3.19. The molecule has 0 bridgehead atoms. The number of rotatable bonds is 3. The number of hydrogen-bond acceptors (Lipinski definition) is 3. The first kappa shape index (κ1) is 16.1. The van der Waals surface area contributed by atoms with Gasteiger partial charge in [-0.05, 0) is 30.5 Å². The number of likely N-dealkylation sites (tertiary alicyclic amines) is 1. The second-order valence-corrected chi connectivity index (χ2v) is 6.09. The summed E-state index contributed by atoms with van der Waals surface area (Å²) in [6, 6.07) is 3.18. The summed E-state index contributed by atoms with van der Waals surface area (Å²) in [5.41, 5.74) is 0.515. The largest absolute Gasteiger partial charge is 0.396 e. The summed E-state index contributed by atoms with van der Waals surface area (Å²) in [5.74, 6) is -1.70. The molecule has 2 heterocycles. The first-order valence-electron chi connectivity index (χ1n) is 7.81. The zero-order chi connectivity index (χ0) is 16.4. The van der Waals surface area contributed by atoms with Crippen LogP contribution in [0.3, 0.4) is 0 Å². The van der Waals surface area contributed by atoms with Crippen LogP contribution in [0, 0.1) is 17.6 Å². The van der Waals surface area contributed by atoms with E-state index in [1.807, 2.05) is 0 Å². The molecule has 0 unspecified atom stereocenters. The van der Waals surface area contributed by atoms with Crippen molar-refractivity contribution in [1.29, 1.82) is 0 Å². The number of aliphatic hydroxyl groups excluding tert-OH is 1. The molecule has 2 aliphatic heterocycles. The van der Waals surface area contributed by atoms with Crippen molar-refractivity contribution in [3.8, 4) is 0 Å². The van der Waals surface area contributed by atoms with E-state index in [9.17, 15) is 13.6 Å². The van der Waals surface area contributed by atoms with Crippen LogP contribution in [0.2, 0.25) is 0 Å². The smallest absolute Gasteiger partial charge is 0.317 e. The fourth-order valence-electron chi connectivity index (χ4n) is 3.17. The van der Waals surface area contributed by atoms with E-state index in [2.05, 4.69) is 5.32 Å². The Morgan fingerprint density at radius 1 is 1.35 bits per heavy atom. The van der Waals surface area contributed by atoms with Crippen LogP contribution in [-0.4, -0.2) is 48.4 Å². The van der Waals surface area contributed by atoms with Crippen molar-refractivity contribution in [2.24, 2.45) is 5.92 Å². The van der Waals surface area contributed by atoms with Gasteiger partial charge in [-0.1, -0.05) is 6.07 Å². The number of nitrogens with zero attached hydrogens (tertiary/aromatic N) is 1. The number of benzene rings is 1. The molecule has 2 amide bonds. The van der Waals surface area contributed by atoms with Gasteiger partial charge >= 0.3 is 6.03 Å². The van der Waals surface area contributed by atoms with Gasteiger partial charge in [0.05, 0.1) is 6.04 Å². The zero-order valence-electron chi connectivity index (χ0n) is 12.7. The highest BCUT2D eigenvalue weighted by Gasteiger charge is 2.34. The van der Waals surface area contributed by atoms with Crippen LogP contribution < -0.4 is 5.32 Å². The Labute approximate surface area is 133 Å². The maximum atomic E-state index is 13.4. The number of nitrogens with one attached hydrogen (secondary N) is 1. The quantitative estimate of drug-likeness (QED) is 0.891. The predicted octanol–water partition coefficient (Wildman–Crippen LogP) is 1.82. The number of ether oxygens (including phenoxy) is 1. The van der Waals surface area contributed by atoms with E-state index in [-0.39, 0.29) is 24.6 Å². The van der Waals surface area contributed by atoms with Gasteiger partial charge in [0.1, 0.15) is 6.10 Å². The maximum Gasteiger partial charge on any atom is 0.317 e. The lowest BCUT2D eigenvalue weighted by Crippen LogP contribution is -2.45. The third kappa shape index (κ3) is 3.45. The minimum atomic E-state index is -0.923. The van der Waals surface area contributed by atoms with Crippen LogP contribution in [-0.2, 0) is 4.74 Å². The second-order valence-electron chi connectivity index (χ2n) is 6.09. The third-order valence-electron chi connectivity index (χ3n) is 4.50. The highest BCUT2D eigenvalue weighted by Crippen LogP contribution is 2.30. The predicted molar refractivity (Wildman–Crippen MR) is 78.8 cm³/mol. The molecular weight excluding hydrogens is 306 g/mol. The summed E-state index contributed by atoms with van der Waals surface area (Å²) in [5, 5.41) is 12.1. The fourth-order valence-corrected chi connectivity index (χ4v) is 3.17. The van der Waals surface area contributed by atoms with Crippen LogP contribution in [0.4, 0.5) is 13.6 Å². The van der Waals surface area contributed by atoms with E-state index in [4.69, 9.17) is 9.84 Å². The summed E-state index contributed by atoms with van der Waals surface area (Å²) in [4.78, 5) is 14.0. The Kier molecular flexibility index (Phi) is 4.77. The Hall–Kier alpha value is -1.73. The Morgan fingerprint density at radius 3 is 2.87 bits per heavy atom. The summed E-state index contributed by atoms with van der Waals surface area (Å²) in [6.45, 7) is 1.67. The molecule has 2 N–H and O–H groups in total. The van der Waals surface area contributed by atoms with Crippen molar-refractivity contribution >= 4 is 6.03 Å². The molecule has 2 saturated heterocycles. The molecule has 1 aromatic carbocycles. The minimum absolute atomic E-state index is 0.0772. The van der Waals surface area contributed by atoms with Crippen LogP contribution in [0.5, 0.6) is 0 Å². The van der Waals surface area contributed by atoms with Gasteiger partial charge in [-0.3, -0.25) is 0 Å². The number of urea groups is 1. The average molecular weight is 326 g/mol. The van der Waals surface area contributed by atoms with E-state index in [0.717, 1.165) is 18.6 Å². The monoisotopic (exact) mass is 326 g/mol. The lowest BCUT2D eigenvalue weighted by atomic mass is 10.0. The van der Waals surface area contributed by atoms with Gasteiger partial charge < -0.3 is 20.1 Å². The number of carbonyl (C=O) groups excluding carboxylic acids is 1. The first-order valence-corrected chi connectivity index (χ1v) is 7.81. The second kappa shape index (κ2) is 6.80. The zero-order valence-corrected chi connectivity index (χ0v) is 12.7. The highest BCUT2D eigenvalue weighted by molar-refractivity contribution is 5.75. The molecule has 0 aliphatic carbocycles. The summed E-state index contributed by atoms with van der Waals surface area (Å²) < 4.78 is 32.0. The Bertz CT molecular complexity index is 584. The lowest BCUT2D eigenvalue weighted by molar-refractivity contribution is 0.0980. The SMILES string of the molecule is O=C(N[C@@H]1CCO[C@H]1c1ccc(F)c(F)c1)N1CC[C@@H](CO)C1. The molecule has 0 aromatic heterocycles. The van der Waals surface area contributed by atoms with Crippen molar-refractivity contribution < 1.29 is 23.4 Å². The van der Waals surface area contributed by atoms with E-state index in [0.29, 0.717) is 31.7 Å². The van der Waals surface area contributed by atoms with E-state index >= 15 is 0 Å². The van der Waals surface area contributed by atoms with Gasteiger partial charge in [-0.25, -0.2) is 13.6 Å². The fraction of sp³-hybridized carbons (Fsp3) is 0.562. The number of halogens is 2. The van der Waals surface area contributed by atoms with Gasteiger partial charge in [0, 0.05) is 32.2 Å².